The molecule has 190 valence electrons. The number of rotatable bonds is 9. The van der Waals surface area contributed by atoms with Gasteiger partial charge in [-0.25, -0.2) is 4.98 Å². The monoisotopic (exact) mass is 494 g/mol. The summed E-state index contributed by atoms with van der Waals surface area (Å²) in [5, 5.41) is 2.86. The molecule has 0 spiro atoms. The number of methoxy groups -OCH3 is 2. The van der Waals surface area contributed by atoms with Gasteiger partial charge in [-0.05, 0) is 49.7 Å². The molecule has 2 aromatic carbocycles. The van der Waals surface area contributed by atoms with Gasteiger partial charge >= 0.3 is 0 Å². The van der Waals surface area contributed by atoms with Crippen molar-refractivity contribution in [3.8, 4) is 23.0 Å². The van der Waals surface area contributed by atoms with E-state index in [4.69, 9.17) is 18.9 Å². The molecule has 0 radical (unpaired) electrons. The van der Waals surface area contributed by atoms with Crippen molar-refractivity contribution in [2.45, 2.75) is 19.8 Å². The van der Waals surface area contributed by atoms with E-state index in [1.54, 1.807) is 63.6 Å². The zero-order valence-corrected chi connectivity index (χ0v) is 20.6. The molecule has 0 saturated carbocycles. The lowest BCUT2D eigenvalue weighted by molar-refractivity contribution is -0.116. The molecule has 0 bridgehead atoms. The number of carbonyl (C=O) groups excluding carboxylic acids is 1. The van der Waals surface area contributed by atoms with Gasteiger partial charge in [-0.1, -0.05) is 0 Å². The van der Waals surface area contributed by atoms with E-state index >= 15 is 0 Å². The Labute approximate surface area is 209 Å². The molecule has 36 heavy (non-hydrogen) atoms. The Kier molecular flexibility index (Phi) is 8.06. The third-order valence-electron chi connectivity index (χ3n) is 5.86. The fraction of sp³-hybridized carbons (Fsp3) is 0.346. The van der Waals surface area contributed by atoms with Crippen molar-refractivity contribution in [3.63, 3.8) is 0 Å². The highest BCUT2D eigenvalue weighted by atomic mass is 16.5. The maximum absolute atomic E-state index is 12.7. The maximum atomic E-state index is 12.7. The standard InChI is InChI=1S/C26H30N4O6/c1-17-21(25(32)29-26(27-17)30-12-14-35-15-13-30)9-11-24(31)28-18-4-10-22(34-3)23(16-18)36-20-7-5-19(33-2)6-8-20/h4-8,10,16H,9,11-15H2,1-3H3,(H,28,31)(H,27,29,32). The molecule has 0 aliphatic carbocycles. The third-order valence-corrected chi connectivity index (χ3v) is 5.86. The molecule has 0 unspecified atom stereocenters. The number of amides is 1. The van der Waals surface area contributed by atoms with Crippen LogP contribution in [-0.4, -0.2) is 56.4 Å². The highest BCUT2D eigenvalue weighted by Gasteiger charge is 2.17. The van der Waals surface area contributed by atoms with Gasteiger partial charge in [0.05, 0.1) is 27.4 Å². The number of hydrogen-bond acceptors (Lipinski definition) is 8. The van der Waals surface area contributed by atoms with Gasteiger partial charge in [0.1, 0.15) is 11.5 Å². The van der Waals surface area contributed by atoms with Crippen molar-refractivity contribution >= 4 is 17.5 Å². The lowest BCUT2D eigenvalue weighted by Gasteiger charge is -2.27. The number of aromatic amines is 1. The van der Waals surface area contributed by atoms with Crippen LogP contribution >= 0.6 is 0 Å². The van der Waals surface area contributed by atoms with Crippen LogP contribution in [0.3, 0.4) is 0 Å². The number of nitrogens with one attached hydrogen (secondary N) is 2. The van der Waals surface area contributed by atoms with Crippen LogP contribution in [0.15, 0.2) is 47.3 Å². The summed E-state index contributed by atoms with van der Waals surface area (Å²) in [6, 6.07) is 12.3. The number of hydrogen-bond donors (Lipinski definition) is 2. The average molecular weight is 495 g/mol. The van der Waals surface area contributed by atoms with Crippen LogP contribution < -0.4 is 30.0 Å². The summed E-state index contributed by atoms with van der Waals surface area (Å²) in [5.41, 5.74) is 1.44. The molecule has 2 heterocycles. The minimum absolute atomic E-state index is 0.128. The molecule has 10 heteroatoms. The summed E-state index contributed by atoms with van der Waals surface area (Å²) in [4.78, 5) is 34.7. The van der Waals surface area contributed by atoms with Crippen LogP contribution in [0.25, 0.3) is 0 Å². The second kappa shape index (κ2) is 11.6. The van der Waals surface area contributed by atoms with E-state index in [2.05, 4.69) is 15.3 Å². The Morgan fingerprint density at radius 3 is 2.44 bits per heavy atom. The van der Waals surface area contributed by atoms with Crippen LogP contribution in [0.2, 0.25) is 0 Å². The topological polar surface area (TPSA) is 115 Å². The van der Waals surface area contributed by atoms with E-state index in [0.29, 0.717) is 66.4 Å². The second-order valence-electron chi connectivity index (χ2n) is 8.24. The summed E-state index contributed by atoms with van der Waals surface area (Å²) >= 11 is 0. The van der Waals surface area contributed by atoms with Gasteiger partial charge in [0.25, 0.3) is 5.56 Å². The molecular weight excluding hydrogens is 464 g/mol. The molecule has 0 atom stereocenters. The summed E-state index contributed by atoms with van der Waals surface area (Å²) in [6.45, 7) is 4.34. The van der Waals surface area contributed by atoms with Crippen molar-refractivity contribution in [2.24, 2.45) is 0 Å². The zero-order chi connectivity index (χ0) is 25.5. The minimum Gasteiger partial charge on any atom is -0.497 e. The second-order valence-corrected chi connectivity index (χ2v) is 8.24. The largest absolute Gasteiger partial charge is 0.497 e. The van der Waals surface area contributed by atoms with E-state index in [0.717, 1.165) is 5.75 Å². The SMILES string of the molecule is COc1ccc(Oc2cc(NC(=O)CCc3c(C)nc(N4CCOCC4)[nH]c3=O)ccc2OC)cc1. The van der Waals surface area contributed by atoms with E-state index in [1.807, 2.05) is 4.90 Å². The van der Waals surface area contributed by atoms with Gasteiger partial charge in [-0.15, -0.1) is 0 Å². The summed E-state index contributed by atoms with van der Waals surface area (Å²) in [5.74, 6) is 2.60. The first kappa shape index (κ1) is 25.1. The maximum Gasteiger partial charge on any atom is 0.255 e. The zero-order valence-electron chi connectivity index (χ0n) is 20.6. The fourth-order valence-corrected chi connectivity index (χ4v) is 3.88. The highest BCUT2D eigenvalue weighted by Crippen LogP contribution is 2.34. The van der Waals surface area contributed by atoms with E-state index < -0.39 is 0 Å². The molecule has 2 N–H and O–H groups in total. The van der Waals surface area contributed by atoms with Crippen molar-refractivity contribution in [1.82, 2.24) is 9.97 Å². The number of ether oxygens (including phenoxy) is 4. The number of H-pyrrole nitrogens is 1. The number of aromatic nitrogens is 2. The first-order valence-corrected chi connectivity index (χ1v) is 11.7. The van der Waals surface area contributed by atoms with Crippen LogP contribution in [0.5, 0.6) is 23.0 Å². The van der Waals surface area contributed by atoms with E-state index in [9.17, 15) is 9.59 Å². The molecular formula is C26H30N4O6. The molecule has 1 fully saturated rings. The number of aryl methyl sites for hydroxylation is 1. The van der Waals surface area contributed by atoms with E-state index in [1.165, 1.54) is 0 Å². The molecule has 4 rings (SSSR count). The molecule has 1 aromatic heterocycles. The first-order valence-electron chi connectivity index (χ1n) is 11.7. The predicted molar refractivity (Wildman–Crippen MR) is 136 cm³/mol. The third kappa shape index (κ3) is 6.14. The molecule has 1 saturated heterocycles. The van der Waals surface area contributed by atoms with Gasteiger partial charge in [-0.2, -0.15) is 0 Å². The Morgan fingerprint density at radius 1 is 1.06 bits per heavy atom. The molecule has 1 aliphatic rings. The molecule has 1 aliphatic heterocycles. The van der Waals surface area contributed by atoms with Gasteiger partial charge in [0.15, 0.2) is 11.5 Å². The number of carbonyl (C=O) groups is 1. The van der Waals surface area contributed by atoms with Crippen LogP contribution in [-0.2, 0) is 16.0 Å². The Hall–Kier alpha value is -4.05. The number of anilines is 2. The van der Waals surface area contributed by atoms with Gasteiger partial charge < -0.3 is 29.2 Å². The van der Waals surface area contributed by atoms with Crippen molar-refractivity contribution in [2.75, 3.05) is 50.7 Å². The van der Waals surface area contributed by atoms with E-state index in [-0.39, 0.29) is 24.3 Å². The normalized spacial score (nSPS) is 13.2. The highest BCUT2D eigenvalue weighted by molar-refractivity contribution is 5.91. The molecule has 10 nitrogen and oxygen atoms in total. The lowest BCUT2D eigenvalue weighted by Crippen LogP contribution is -2.38. The summed E-state index contributed by atoms with van der Waals surface area (Å²) in [6.07, 6.45) is 0.401. The number of morpholine rings is 1. The smallest absolute Gasteiger partial charge is 0.255 e. The Balaban J connectivity index is 1.40. The number of benzene rings is 2. The molecule has 1 amide bonds. The Morgan fingerprint density at radius 2 is 1.78 bits per heavy atom. The minimum atomic E-state index is -0.230. The van der Waals surface area contributed by atoms with Gasteiger partial charge in [0, 0.05) is 42.5 Å². The van der Waals surface area contributed by atoms with Crippen LogP contribution in [0.4, 0.5) is 11.6 Å². The summed E-state index contributed by atoms with van der Waals surface area (Å²) < 4.78 is 21.9. The average Bonchev–Trinajstić information content (AvgIpc) is 2.89. The van der Waals surface area contributed by atoms with Crippen LogP contribution in [0.1, 0.15) is 17.7 Å². The summed E-state index contributed by atoms with van der Waals surface area (Å²) in [7, 11) is 3.15. The van der Waals surface area contributed by atoms with Crippen molar-refractivity contribution < 1.29 is 23.7 Å². The van der Waals surface area contributed by atoms with Crippen LogP contribution in [0, 0.1) is 6.92 Å². The van der Waals surface area contributed by atoms with Gasteiger partial charge in [-0.3, -0.25) is 14.6 Å². The Bertz CT molecular complexity index is 1250. The molecule has 3 aromatic rings. The predicted octanol–water partition coefficient (Wildman–Crippen LogP) is 3.30. The first-order chi connectivity index (χ1) is 17.5. The fourth-order valence-electron chi connectivity index (χ4n) is 3.88. The van der Waals surface area contributed by atoms with Crippen molar-refractivity contribution in [1.29, 1.82) is 0 Å². The number of nitrogens with zero attached hydrogens (tertiary/aromatic N) is 2. The lowest BCUT2D eigenvalue weighted by atomic mass is 10.1. The quantitative estimate of drug-likeness (QED) is 0.466. The van der Waals surface area contributed by atoms with Gasteiger partial charge in [0.2, 0.25) is 11.9 Å². The van der Waals surface area contributed by atoms with Crippen molar-refractivity contribution in [3.05, 3.63) is 64.1 Å².